The summed E-state index contributed by atoms with van der Waals surface area (Å²) < 4.78 is 92.9. The lowest BCUT2D eigenvalue weighted by Gasteiger charge is -2.15. The van der Waals surface area contributed by atoms with Crippen molar-refractivity contribution in [1.29, 1.82) is 0 Å². The molecule has 0 saturated carbocycles. The second-order valence-corrected chi connectivity index (χ2v) is 6.58. The lowest BCUT2D eigenvalue weighted by atomic mass is 10.1. The molecule has 1 N–H and O–H groups in total. The van der Waals surface area contributed by atoms with Crippen molar-refractivity contribution in [3.05, 3.63) is 78.4 Å². The van der Waals surface area contributed by atoms with Crippen LogP contribution in [0.2, 0.25) is 0 Å². The molecule has 0 heterocycles. The summed E-state index contributed by atoms with van der Waals surface area (Å²) in [6, 6.07) is 13.3. The van der Waals surface area contributed by atoms with Crippen LogP contribution in [0.5, 0.6) is 34.5 Å². The third kappa shape index (κ3) is 8.18. The van der Waals surface area contributed by atoms with E-state index in [1.165, 1.54) is 42.5 Å². The molecule has 0 spiro atoms. The molecule has 35 heavy (non-hydrogen) atoms. The molecule has 3 aromatic carbocycles. The number of ether oxygens (including phenoxy) is 4. The molecule has 3 rings (SSSR count). The van der Waals surface area contributed by atoms with Crippen molar-refractivity contribution in [1.82, 2.24) is 0 Å². The molecule has 0 bridgehead atoms. The summed E-state index contributed by atoms with van der Waals surface area (Å²) in [5.74, 6) is -1.83. The lowest BCUT2D eigenvalue weighted by molar-refractivity contribution is -0.275. The van der Waals surface area contributed by atoms with Gasteiger partial charge in [0, 0.05) is 6.08 Å². The first kappa shape index (κ1) is 25.3. The minimum atomic E-state index is -4.86. The summed E-state index contributed by atoms with van der Waals surface area (Å²) in [7, 11) is 0. The van der Waals surface area contributed by atoms with Crippen LogP contribution in [-0.2, 0) is 4.79 Å². The van der Waals surface area contributed by atoms with E-state index in [1.807, 2.05) is 0 Å². The maximum Gasteiger partial charge on any atom is 0.573 e. The van der Waals surface area contributed by atoms with Crippen molar-refractivity contribution in [3.8, 4) is 34.5 Å². The zero-order chi connectivity index (χ0) is 25.6. The van der Waals surface area contributed by atoms with Gasteiger partial charge in [-0.05, 0) is 66.7 Å². The van der Waals surface area contributed by atoms with Gasteiger partial charge in [-0.3, -0.25) is 0 Å². The fourth-order valence-corrected chi connectivity index (χ4v) is 2.69. The first-order chi connectivity index (χ1) is 16.4. The van der Waals surface area contributed by atoms with Gasteiger partial charge in [-0.1, -0.05) is 6.07 Å². The van der Waals surface area contributed by atoms with Gasteiger partial charge in [-0.25, -0.2) is 4.79 Å². The highest BCUT2D eigenvalue weighted by Gasteiger charge is 2.31. The first-order valence-electron chi connectivity index (χ1n) is 9.49. The van der Waals surface area contributed by atoms with Gasteiger partial charge in [-0.2, -0.15) is 0 Å². The van der Waals surface area contributed by atoms with E-state index in [2.05, 4.69) is 9.47 Å². The summed E-state index contributed by atoms with van der Waals surface area (Å²) in [4.78, 5) is 11.0. The maximum absolute atomic E-state index is 12.3. The molecule has 0 unspecified atom stereocenters. The molecular weight excluding hydrogens is 486 g/mol. The number of rotatable bonds is 8. The van der Waals surface area contributed by atoms with Crippen LogP contribution in [0.1, 0.15) is 5.56 Å². The highest BCUT2D eigenvalue weighted by Crippen LogP contribution is 2.37. The van der Waals surface area contributed by atoms with E-state index in [-0.39, 0.29) is 28.6 Å². The molecule has 0 saturated heterocycles. The molecule has 0 aliphatic carbocycles. The van der Waals surface area contributed by atoms with Gasteiger partial charge in [0.25, 0.3) is 0 Å². The number of carboxylic acid groups (broad SMARTS) is 1. The molecule has 3 aromatic rings. The monoisotopic (exact) mass is 500 g/mol. The second kappa shape index (κ2) is 10.3. The fraction of sp³-hybridized carbons (Fsp3) is 0.0870. The van der Waals surface area contributed by atoms with Crippen LogP contribution in [0.4, 0.5) is 26.3 Å². The van der Waals surface area contributed by atoms with E-state index in [1.54, 1.807) is 0 Å². The Balaban J connectivity index is 1.86. The standard InChI is InChI=1S/C23H14F6O6/c24-22(25,26)34-16-8-4-14(5-9-16)32-19-2-1-3-20(18(19)12-13-21(30)31)33-15-6-10-17(11-7-15)35-23(27,28)29/h1-13H,(H,30,31)/b13-12+. The van der Waals surface area contributed by atoms with Crippen LogP contribution >= 0.6 is 0 Å². The molecular formula is C23H14F6O6. The van der Waals surface area contributed by atoms with Crippen LogP contribution in [0.25, 0.3) is 6.08 Å². The Kier molecular flexibility index (Phi) is 7.43. The molecule has 0 radical (unpaired) electrons. The highest BCUT2D eigenvalue weighted by molar-refractivity contribution is 5.86. The van der Waals surface area contributed by atoms with Crippen molar-refractivity contribution in [2.45, 2.75) is 12.7 Å². The van der Waals surface area contributed by atoms with E-state index < -0.39 is 30.2 Å². The van der Waals surface area contributed by atoms with E-state index in [9.17, 15) is 31.1 Å². The largest absolute Gasteiger partial charge is 0.573 e. The molecule has 6 nitrogen and oxygen atoms in total. The minimum Gasteiger partial charge on any atom is -0.478 e. The maximum atomic E-state index is 12.3. The van der Waals surface area contributed by atoms with Crippen molar-refractivity contribution in [2.75, 3.05) is 0 Å². The zero-order valence-electron chi connectivity index (χ0n) is 17.3. The normalized spacial score (nSPS) is 11.8. The molecule has 184 valence electrons. The number of halogens is 6. The van der Waals surface area contributed by atoms with Crippen LogP contribution in [0.3, 0.4) is 0 Å². The Hall–Kier alpha value is -4.35. The average molecular weight is 500 g/mol. The molecule has 0 aromatic heterocycles. The van der Waals surface area contributed by atoms with Crippen molar-refractivity contribution >= 4 is 12.0 Å². The van der Waals surface area contributed by atoms with Gasteiger partial charge in [0.05, 0.1) is 5.56 Å². The number of carboxylic acids is 1. The van der Waals surface area contributed by atoms with Gasteiger partial charge in [0.1, 0.15) is 34.5 Å². The van der Waals surface area contributed by atoms with Gasteiger partial charge < -0.3 is 24.1 Å². The van der Waals surface area contributed by atoms with Crippen molar-refractivity contribution < 1.29 is 55.2 Å². The summed E-state index contributed by atoms with van der Waals surface area (Å²) in [5, 5.41) is 9.00. The number of benzene rings is 3. The highest BCUT2D eigenvalue weighted by atomic mass is 19.4. The Bertz CT molecular complexity index is 1110. The van der Waals surface area contributed by atoms with E-state index >= 15 is 0 Å². The van der Waals surface area contributed by atoms with Crippen LogP contribution in [-0.4, -0.2) is 23.8 Å². The summed E-state index contributed by atoms with van der Waals surface area (Å²) in [6.45, 7) is 0. The molecule has 0 atom stereocenters. The molecule has 0 aliphatic heterocycles. The summed E-state index contributed by atoms with van der Waals surface area (Å²) >= 11 is 0. The Labute approximate surface area is 193 Å². The van der Waals surface area contributed by atoms with Crippen LogP contribution in [0, 0.1) is 0 Å². The Morgan fingerprint density at radius 3 is 1.37 bits per heavy atom. The number of carbonyl (C=O) groups is 1. The van der Waals surface area contributed by atoms with E-state index in [0.717, 1.165) is 36.4 Å². The van der Waals surface area contributed by atoms with Gasteiger partial charge in [0.2, 0.25) is 0 Å². The third-order valence-electron chi connectivity index (χ3n) is 3.99. The Morgan fingerprint density at radius 2 is 1.03 bits per heavy atom. The first-order valence-corrected chi connectivity index (χ1v) is 9.49. The smallest absolute Gasteiger partial charge is 0.478 e. The van der Waals surface area contributed by atoms with Gasteiger partial charge in [-0.15, -0.1) is 26.3 Å². The van der Waals surface area contributed by atoms with Crippen LogP contribution in [0.15, 0.2) is 72.8 Å². The Morgan fingerprint density at radius 1 is 0.657 bits per heavy atom. The van der Waals surface area contributed by atoms with E-state index in [4.69, 9.17) is 14.6 Å². The van der Waals surface area contributed by atoms with Gasteiger partial charge >= 0.3 is 18.7 Å². The van der Waals surface area contributed by atoms with Crippen LogP contribution < -0.4 is 18.9 Å². The number of alkyl halides is 6. The predicted octanol–water partition coefficient (Wildman–Crippen LogP) is 7.17. The number of hydrogen-bond donors (Lipinski definition) is 1. The van der Waals surface area contributed by atoms with Crippen molar-refractivity contribution in [3.63, 3.8) is 0 Å². The minimum absolute atomic E-state index is 0.0847. The molecule has 0 amide bonds. The number of hydrogen-bond acceptors (Lipinski definition) is 5. The predicted molar refractivity (Wildman–Crippen MR) is 110 cm³/mol. The third-order valence-corrected chi connectivity index (χ3v) is 3.99. The molecule has 12 heteroatoms. The molecule has 0 aliphatic rings. The average Bonchev–Trinajstić information content (AvgIpc) is 2.74. The lowest BCUT2D eigenvalue weighted by Crippen LogP contribution is -2.16. The number of aliphatic carboxylic acids is 1. The summed E-state index contributed by atoms with van der Waals surface area (Å²) in [6.07, 6.45) is -7.76. The van der Waals surface area contributed by atoms with Gasteiger partial charge in [0.15, 0.2) is 0 Å². The van der Waals surface area contributed by atoms with Crippen molar-refractivity contribution in [2.24, 2.45) is 0 Å². The quantitative estimate of drug-likeness (QED) is 0.261. The zero-order valence-corrected chi connectivity index (χ0v) is 17.3. The van der Waals surface area contributed by atoms with E-state index in [0.29, 0.717) is 0 Å². The fourth-order valence-electron chi connectivity index (χ4n) is 2.69. The second-order valence-electron chi connectivity index (χ2n) is 6.58. The topological polar surface area (TPSA) is 74.2 Å². The molecule has 0 fully saturated rings. The SMILES string of the molecule is O=C(O)/C=C/c1c(Oc2ccc(OC(F)(F)F)cc2)cccc1Oc1ccc(OC(F)(F)F)cc1. The summed E-state index contributed by atoms with van der Waals surface area (Å²) in [5.41, 5.74) is 0.140.